The molecular formula is C17H26BrNO. The Kier molecular flexibility index (Phi) is 5.27. The Labute approximate surface area is 131 Å². The van der Waals surface area contributed by atoms with E-state index in [1.807, 2.05) is 0 Å². The van der Waals surface area contributed by atoms with Gasteiger partial charge in [0.2, 0.25) is 0 Å². The fraction of sp³-hybridized carbons (Fsp3) is 0.647. The second kappa shape index (κ2) is 6.59. The largest absolute Gasteiger partial charge is 0.370 e. The van der Waals surface area contributed by atoms with Gasteiger partial charge in [-0.2, -0.15) is 0 Å². The number of hydrogen-bond donors (Lipinski definition) is 1. The van der Waals surface area contributed by atoms with Gasteiger partial charge >= 0.3 is 0 Å². The van der Waals surface area contributed by atoms with Crippen LogP contribution in [0.5, 0.6) is 0 Å². The second-order valence-corrected chi connectivity index (χ2v) is 7.79. The summed E-state index contributed by atoms with van der Waals surface area (Å²) in [5.74, 6) is 0. The van der Waals surface area contributed by atoms with Crippen molar-refractivity contribution in [2.24, 2.45) is 0 Å². The van der Waals surface area contributed by atoms with Gasteiger partial charge < -0.3 is 10.1 Å². The van der Waals surface area contributed by atoms with Crippen molar-refractivity contribution >= 4 is 15.9 Å². The van der Waals surface area contributed by atoms with Crippen molar-refractivity contribution in [3.63, 3.8) is 0 Å². The third-order valence-electron chi connectivity index (χ3n) is 3.96. The van der Waals surface area contributed by atoms with Crippen LogP contribution in [-0.4, -0.2) is 17.7 Å². The summed E-state index contributed by atoms with van der Waals surface area (Å²) in [6.07, 6.45) is 4.82. The van der Waals surface area contributed by atoms with Gasteiger partial charge in [-0.05, 0) is 70.7 Å². The van der Waals surface area contributed by atoms with Crippen LogP contribution in [-0.2, 0) is 11.3 Å². The lowest BCUT2D eigenvalue weighted by Gasteiger charge is -2.42. The molecule has 1 fully saturated rings. The Morgan fingerprint density at radius 2 is 1.85 bits per heavy atom. The number of ether oxygens (including phenoxy) is 1. The number of benzene rings is 1. The lowest BCUT2D eigenvalue weighted by atomic mass is 9.77. The molecule has 0 atom stereocenters. The van der Waals surface area contributed by atoms with Gasteiger partial charge in [0.15, 0.2) is 0 Å². The highest BCUT2D eigenvalue weighted by Crippen LogP contribution is 2.39. The molecule has 0 aliphatic heterocycles. The van der Waals surface area contributed by atoms with Crippen LogP contribution in [0.15, 0.2) is 28.7 Å². The summed E-state index contributed by atoms with van der Waals surface area (Å²) in [7, 11) is 0. The first-order chi connectivity index (χ1) is 9.39. The van der Waals surface area contributed by atoms with Crippen molar-refractivity contribution in [2.45, 2.75) is 64.2 Å². The van der Waals surface area contributed by atoms with Gasteiger partial charge in [0.05, 0.1) is 12.2 Å². The van der Waals surface area contributed by atoms with E-state index in [4.69, 9.17) is 4.74 Å². The third kappa shape index (κ3) is 4.87. The first-order valence-corrected chi connectivity index (χ1v) is 8.31. The summed E-state index contributed by atoms with van der Waals surface area (Å²) in [6.45, 7) is 8.39. The monoisotopic (exact) mass is 339 g/mol. The van der Waals surface area contributed by atoms with Gasteiger partial charge in [0.1, 0.15) is 0 Å². The summed E-state index contributed by atoms with van der Waals surface area (Å²) < 4.78 is 7.37. The minimum Gasteiger partial charge on any atom is -0.370 e. The van der Waals surface area contributed by atoms with Crippen LogP contribution in [0, 0.1) is 0 Å². The molecule has 0 bridgehead atoms. The maximum Gasteiger partial charge on any atom is 0.0724 e. The Morgan fingerprint density at radius 3 is 2.35 bits per heavy atom. The first kappa shape index (κ1) is 16.0. The number of rotatable bonds is 6. The molecule has 3 heteroatoms. The maximum absolute atomic E-state index is 6.25. The van der Waals surface area contributed by atoms with Gasteiger partial charge in [-0.15, -0.1) is 0 Å². The van der Waals surface area contributed by atoms with Crippen LogP contribution < -0.4 is 5.32 Å². The molecule has 1 N–H and O–H groups in total. The molecule has 1 aromatic carbocycles. The lowest BCUT2D eigenvalue weighted by molar-refractivity contribution is -0.114. The van der Waals surface area contributed by atoms with E-state index in [-0.39, 0.29) is 11.1 Å². The molecule has 0 spiro atoms. The molecule has 0 saturated heterocycles. The van der Waals surface area contributed by atoms with Crippen LogP contribution in [0.4, 0.5) is 0 Å². The fourth-order valence-electron chi connectivity index (χ4n) is 2.52. The summed E-state index contributed by atoms with van der Waals surface area (Å²) in [5, 5.41) is 3.57. The Balaban J connectivity index is 1.80. The predicted octanol–water partition coefficient (Wildman–Crippen LogP) is 4.67. The molecule has 1 aliphatic carbocycles. The van der Waals surface area contributed by atoms with Gasteiger partial charge in [0.25, 0.3) is 0 Å². The molecule has 112 valence electrons. The van der Waals surface area contributed by atoms with Crippen molar-refractivity contribution in [3.05, 3.63) is 34.3 Å². The van der Waals surface area contributed by atoms with E-state index in [0.29, 0.717) is 0 Å². The molecular weight excluding hydrogens is 314 g/mol. The molecule has 0 amide bonds. The van der Waals surface area contributed by atoms with Crippen molar-refractivity contribution in [1.82, 2.24) is 5.32 Å². The van der Waals surface area contributed by atoms with E-state index in [0.717, 1.165) is 24.0 Å². The number of halogens is 1. The highest BCUT2D eigenvalue weighted by atomic mass is 79.9. The SMILES string of the molecule is CC(C)(C)NCCC1(OCc2ccc(Br)cc2)CCC1. The standard InChI is InChI=1S/C17H26BrNO/c1-16(2,3)19-12-11-17(9-4-10-17)20-13-14-5-7-15(18)8-6-14/h5-8,19H,4,9-13H2,1-3H3. The molecule has 1 aliphatic rings. The van der Waals surface area contributed by atoms with Crippen LogP contribution in [0.1, 0.15) is 52.0 Å². The van der Waals surface area contributed by atoms with Crippen LogP contribution in [0.3, 0.4) is 0 Å². The molecule has 0 aromatic heterocycles. The normalized spacial score (nSPS) is 17.8. The maximum atomic E-state index is 6.25. The molecule has 1 aromatic rings. The van der Waals surface area contributed by atoms with Crippen LogP contribution >= 0.6 is 15.9 Å². The minimum atomic E-state index is 0.116. The Bertz CT molecular complexity index is 418. The molecule has 0 radical (unpaired) electrons. The fourth-order valence-corrected chi connectivity index (χ4v) is 2.78. The van der Waals surface area contributed by atoms with E-state index in [1.54, 1.807) is 0 Å². The molecule has 0 unspecified atom stereocenters. The van der Waals surface area contributed by atoms with Crippen LogP contribution in [0.25, 0.3) is 0 Å². The molecule has 0 heterocycles. The quantitative estimate of drug-likeness (QED) is 0.813. The first-order valence-electron chi connectivity index (χ1n) is 7.52. The molecule has 1 saturated carbocycles. The molecule has 20 heavy (non-hydrogen) atoms. The smallest absolute Gasteiger partial charge is 0.0724 e. The van der Waals surface area contributed by atoms with Crippen LogP contribution in [0.2, 0.25) is 0 Å². The van der Waals surface area contributed by atoms with Crippen molar-refractivity contribution in [2.75, 3.05) is 6.54 Å². The summed E-state index contributed by atoms with van der Waals surface area (Å²) in [6, 6.07) is 8.41. The zero-order valence-electron chi connectivity index (χ0n) is 12.8. The van der Waals surface area contributed by atoms with Crippen molar-refractivity contribution in [3.8, 4) is 0 Å². The topological polar surface area (TPSA) is 21.3 Å². The summed E-state index contributed by atoms with van der Waals surface area (Å²) in [4.78, 5) is 0. The minimum absolute atomic E-state index is 0.116. The van der Waals surface area contributed by atoms with Gasteiger partial charge in [0, 0.05) is 10.0 Å². The highest BCUT2D eigenvalue weighted by Gasteiger charge is 2.37. The van der Waals surface area contributed by atoms with Crippen molar-refractivity contribution in [1.29, 1.82) is 0 Å². The van der Waals surface area contributed by atoms with Crippen molar-refractivity contribution < 1.29 is 4.74 Å². The summed E-state index contributed by atoms with van der Waals surface area (Å²) >= 11 is 3.46. The third-order valence-corrected chi connectivity index (χ3v) is 4.49. The van der Waals surface area contributed by atoms with Gasteiger partial charge in [-0.25, -0.2) is 0 Å². The van der Waals surface area contributed by atoms with Gasteiger partial charge in [-0.1, -0.05) is 28.1 Å². The zero-order valence-corrected chi connectivity index (χ0v) is 14.4. The average molecular weight is 340 g/mol. The molecule has 2 nitrogen and oxygen atoms in total. The summed E-state index contributed by atoms with van der Waals surface area (Å²) in [5.41, 5.74) is 1.56. The zero-order chi connectivity index (χ0) is 14.6. The Hall–Kier alpha value is -0.380. The van der Waals surface area contributed by atoms with E-state index in [1.165, 1.54) is 24.8 Å². The molecule has 2 rings (SSSR count). The van der Waals surface area contributed by atoms with E-state index in [9.17, 15) is 0 Å². The Morgan fingerprint density at radius 1 is 1.20 bits per heavy atom. The van der Waals surface area contributed by atoms with E-state index >= 15 is 0 Å². The van der Waals surface area contributed by atoms with E-state index < -0.39 is 0 Å². The van der Waals surface area contributed by atoms with E-state index in [2.05, 4.69) is 66.3 Å². The number of hydrogen-bond acceptors (Lipinski definition) is 2. The van der Waals surface area contributed by atoms with Gasteiger partial charge in [-0.3, -0.25) is 0 Å². The second-order valence-electron chi connectivity index (χ2n) is 6.88. The highest BCUT2D eigenvalue weighted by molar-refractivity contribution is 9.10. The number of nitrogens with one attached hydrogen (secondary N) is 1. The average Bonchev–Trinajstić information content (AvgIpc) is 2.32. The predicted molar refractivity (Wildman–Crippen MR) is 87.9 cm³/mol. The lowest BCUT2D eigenvalue weighted by Crippen LogP contribution is -2.45.